The normalized spacial score (nSPS) is 23.9. The van der Waals surface area contributed by atoms with E-state index in [9.17, 15) is 14.3 Å². The summed E-state index contributed by atoms with van der Waals surface area (Å²) in [4.78, 5) is 21.1. The smallest absolute Gasteiger partial charge is 0.260 e. The van der Waals surface area contributed by atoms with Gasteiger partial charge in [-0.05, 0) is 72.4 Å². The maximum absolute atomic E-state index is 13.4. The highest BCUT2D eigenvalue weighted by Gasteiger charge is 2.25. The molecule has 1 atom stereocenters. The van der Waals surface area contributed by atoms with Crippen LogP contribution in [0.2, 0.25) is 0 Å². The Bertz CT molecular complexity index is 1230. The highest BCUT2D eigenvalue weighted by molar-refractivity contribution is 8.05. The molecule has 7 nitrogen and oxygen atoms in total. The molecule has 1 aliphatic heterocycles. The first-order chi connectivity index (χ1) is 16.5. The molecule has 1 amide bonds. The Labute approximate surface area is 201 Å². The van der Waals surface area contributed by atoms with Crippen molar-refractivity contribution < 1.29 is 14.3 Å². The van der Waals surface area contributed by atoms with Gasteiger partial charge in [0, 0.05) is 24.8 Å². The average molecular weight is 480 g/mol. The minimum atomic E-state index is -0.909. The van der Waals surface area contributed by atoms with E-state index in [0.717, 1.165) is 54.8 Å². The van der Waals surface area contributed by atoms with E-state index in [1.807, 2.05) is 12.1 Å². The number of hydrogen-bond acceptors (Lipinski definition) is 7. The van der Waals surface area contributed by atoms with Gasteiger partial charge in [-0.3, -0.25) is 4.79 Å². The van der Waals surface area contributed by atoms with Crippen molar-refractivity contribution in [3.8, 4) is 0 Å². The number of nitrogens with zero attached hydrogens (tertiary/aromatic N) is 2. The van der Waals surface area contributed by atoms with Crippen molar-refractivity contribution >= 4 is 40.5 Å². The zero-order chi connectivity index (χ0) is 23.5. The van der Waals surface area contributed by atoms with Crippen molar-refractivity contribution in [2.45, 2.75) is 49.9 Å². The van der Waals surface area contributed by atoms with E-state index in [4.69, 9.17) is 0 Å². The van der Waals surface area contributed by atoms with Gasteiger partial charge in [0.15, 0.2) is 5.56 Å². The molecule has 34 heavy (non-hydrogen) atoms. The molecule has 1 unspecified atom stereocenters. The van der Waals surface area contributed by atoms with Crippen LogP contribution in [0.15, 0.2) is 53.6 Å². The van der Waals surface area contributed by atoms with Crippen LogP contribution in [-0.4, -0.2) is 38.6 Å². The van der Waals surface area contributed by atoms with E-state index in [0.29, 0.717) is 28.6 Å². The first-order valence-electron chi connectivity index (χ1n) is 11.4. The summed E-state index contributed by atoms with van der Waals surface area (Å²) in [6.07, 6.45) is 7.44. The lowest BCUT2D eigenvalue weighted by Gasteiger charge is -2.30. The number of halogens is 1. The number of carbonyl (C=O) groups is 1. The van der Waals surface area contributed by atoms with E-state index >= 15 is 0 Å². The second kappa shape index (κ2) is 10.1. The Morgan fingerprint density at radius 1 is 1.09 bits per heavy atom. The molecule has 0 spiro atoms. The lowest BCUT2D eigenvalue weighted by atomic mass is 9.91. The summed E-state index contributed by atoms with van der Waals surface area (Å²) in [7, 11) is 0. The van der Waals surface area contributed by atoms with Crippen molar-refractivity contribution in [3.05, 3.63) is 70.6 Å². The van der Waals surface area contributed by atoms with Crippen LogP contribution >= 0.6 is 11.8 Å². The SMILES string of the molecule is O=C1NC(O)S/C1=C\c1ccnc(NC2CCC(NCc3ccc4cc(F)ccc4c3)CC2)n1. The molecule has 1 aromatic heterocycles. The molecule has 1 aliphatic carbocycles. The van der Waals surface area contributed by atoms with Crippen molar-refractivity contribution in [1.29, 1.82) is 0 Å². The molecular weight excluding hydrogens is 453 g/mol. The lowest BCUT2D eigenvalue weighted by Crippen LogP contribution is -2.36. The minimum absolute atomic E-state index is 0.210. The van der Waals surface area contributed by atoms with E-state index < -0.39 is 5.56 Å². The summed E-state index contributed by atoms with van der Waals surface area (Å²) >= 11 is 1.07. The van der Waals surface area contributed by atoms with Crippen LogP contribution in [0.25, 0.3) is 16.8 Å². The highest BCUT2D eigenvalue weighted by Crippen LogP contribution is 2.28. The second-order valence-corrected chi connectivity index (χ2v) is 9.78. The number of aliphatic hydroxyl groups excluding tert-OH is 1. The summed E-state index contributed by atoms with van der Waals surface area (Å²) in [6.45, 7) is 0.788. The van der Waals surface area contributed by atoms with Crippen LogP contribution in [0.3, 0.4) is 0 Å². The van der Waals surface area contributed by atoms with Crippen LogP contribution in [0.1, 0.15) is 36.9 Å². The molecule has 5 rings (SSSR count). The number of aliphatic hydroxyl groups is 1. The number of fused-ring (bicyclic) bond motifs is 1. The van der Waals surface area contributed by atoms with E-state index in [-0.39, 0.29) is 11.7 Å². The van der Waals surface area contributed by atoms with Gasteiger partial charge in [0.1, 0.15) is 5.82 Å². The third-order valence-corrected chi connectivity index (χ3v) is 7.09. The van der Waals surface area contributed by atoms with Crippen molar-refractivity contribution in [1.82, 2.24) is 20.6 Å². The molecule has 2 fully saturated rings. The Kier molecular flexibility index (Phi) is 6.75. The summed E-state index contributed by atoms with van der Waals surface area (Å²) in [5.41, 5.74) is 0.908. The van der Waals surface area contributed by atoms with Crippen LogP contribution < -0.4 is 16.0 Å². The Morgan fingerprint density at radius 3 is 2.65 bits per heavy atom. The van der Waals surface area contributed by atoms with Crippen LogP contribution in [0, 0.1) is 5.82 Å². The van der Waals surface area contributed by atoms with Gasteiger partial charge in [0.2, 0.25) is 5.95 Å². The molecule has 9 heteroatoms. The molecular formula is C25H26FN5O2S. The number of rotatable bonds is 6. The molecule has 1 saturated carbocycles. The minimum Gasteiger partial charge on any atom is -0.364 e. The van der Waals surface area contributed by atoms with E-state index in [1.165, 1.54) is 11.6 Å². The molecule has 2 aliphatic rings. The van der Waals surface area contributed by atoms with Crippen LogP contribution in [0.4, 0.5) is 10.3 Å². The largest absolute Gasteiger partial charge is 0.364 e. The standard InChI is InChI=1S/C25H26FN5O2S/c26-18-4-3-16-11-15(1-2-17(16)12-18)14-28-19-5-7-20(8-6-19)29-24-27-10-9-21(30-24)13-22-23(32)31-25(33)34-22/h1-4,9-13,19-20,25,28,33H,5-8,14H2,(H,31,32)(H,27,29,30)/b22-13-. The van der Waals surface area contributed by atoms with Gasteiger partial charge in [0.25, 0.3) is 5.91 Å². The van der Waals surface area contributed by atoms with Gasteiger partial charge in [-0.15, -0.1) is 0 Å². The zero-order valence-electron chi connectivity index (χ0n) is 18.5. The predicted molar refractivity (Wildman–Crippen MR) is 132 cm³/mol. The second-order valence-electron chi connectivity index (χ2n) is 8.66. The summed E-state index contributed by atoms with van der Waals surface area (Å²) in [6, 6.07) is 13.5. The van der Waals surface area contributed by atoms with Gasteiger partial charge in [-0.1, -0.05) is 30.0 Å². The maximum Gasteiger partial charge on any atom is 0.260 e. The van der Waals surface area contributed by atoms with Crippen LogP contribution in [-0.2, 0) is 11.3 Å². The Morgan fingerprint density at radius 2 is 1.85 bits per heavy atom. The molecule has 4 N–H and O–H groups in total. The van der Waals surface area contributed by atoms with Gasteiger partial charge < -0.3 is 21.1 Å². The van der Waals surface area contributed by atoms with Gasteiger partial charge in [-0.2, -0.15) is 0 Å². The summed E-state index contributed by atoms with van der Waals surface area (Å²) in [5.74, 6) is 0.0364. The van der Waals surface area contributed by atoms with Crippen molar-refractivity contribution in [2.75, 3.05) is 5.32 Å². The molecule has 0 bridgehead atoms. The number of amides is 1. The van der Waals surface area contributed by atoms with Gasteiger partial charge in [0.05, 0.1) is 10.6 Å². The maximum atomic E-state index is 13.4. The summed E-state index contributed by atoms with van der Waals surface area (Å²) < 4.78 is 13.4. The number of carbonyl (C=O) groups excluding carboxylic acids is 1. The number of hydrogen-bond donors (Lipinski definition) is 4. The Hall–Kier alpha value is -3.01. The first-order valence-corrected chi connectivity index (χ1v) is 12.3. The number of anilines is 1. The quantitative estimate of drug-likeness (QED) is 0.400. The number of thioether (sulfide) groups is 1. The van der Waals surface area contributed by atoms with Crippen molar-refractivity contribution in [3.63, 3.8) is 0 Å². The zero-order valence-corrected chi connectivity index (χ0v) is 19.3. The van der Waals surface area contributed by atoms with Crippen molar-refractivity contribution in [2.24, 2.45) is 0 Å². The monoisotopic (exact) mass is 479 g/mol. The number of nitrogens with one attached hydrogen (secondary N) is 3. The topological polar surface area (TPSA) is 99.2 Å². The third kappa shape index (κ3) is 5.55. The molecule has 3 aromatic rings. The number of benzene rings is 2. The fourth-order valence-corrected chi connectivity index (χ4v) is 5.17. The van der Waals surface area contributed by atoms with Gasteiger partial charge >= 0.3 is 0 Å². The molecule has 2 aromatic carbocycles. The fraction of sp³-hybridized carbons (Fsp3) is 0.320. The molecule has 176 valence electrons. The molecule has 1 saturated heterocycles. The first kappa shape index (κ1) is 22.8. The fourth-order valence-electron chi connectivity index (χ4n) is 4.41. The van der Waals surface area contributed by atoms with Crippen LogP contribution in [0.5, 0.6) is 0 Å². The summed E-state index contributed by atoms with van der Waals surface area (Å²) in [5, 5.41) is 21.0. The van der Waals surface area contributed by atoms with E-state index in [2.05, 4.69) is 38.1 Å². The predicted octanol–water partition coefficient (Wildman–Crippen LogP) is 3.76. The lowest BCUT2D eigenvalue weighted by molar-refractivity contribution is -0.117. The van der Waals surface area contributed by atoms with E-state index in [1.54, 1.807) is 24.4 Å². The molecule has 0 radical (unpaired) electrons. The molecule has 2 heterocycles. The third-order valence-electron chi connectivity index (χ3n) is 6.20. The Balaban J connectivity index is 1.12. The average Bonchev–Trinajstić information content (AvgIpc) is 3.15. The number of aromatic nitrogens is 2. The van der Waals surface area contributed by atoms with Gasteiger partial charge in [-0.25, -0.2) is 14.4 Å². The highest BCUT2D eigenvalue weighted by atomic mass is 32.2.